The third-order valence-corrected chi connectivity index (χ3v) is 7.60. The molecule has 0 saturated carbocycles. The van der Waals surface area contributed by atoms with Crippen LogP contribution in [-0.2, 0) is 24.2 Å². The normalized spacial score (nSPS) is 17.7. The molecule has 0 aliphatic carbocycles. The van der Waals surface area contributed by atoms with Gasteiger partial charge in [-0.25, -0.2) is 18.4 Å². The second-order valence-electron chi connectivity index (χ2n) is 7.93. The summed E-state index contributed by atoms with van der Waals surface area (Å²) >= 11 is 5.87. The van der Waals surface area contributed by atoms with Gasteiger partial charge in [0.15, 0.2) is 11.6 Å². The summed E-state index contributed by atoms with van der Waals surface area (Å²) in [5.74, 6) is 1.15. The van der Waals surface area contributed by atoms with E-state index in [9.17, 15) is 8.42 Å². The fourth-order valence-electron chi connectivity index (χ4n) is 3.84. The molecule has 3 aromatic rings. The Labute approximate surface area is 219 Å². The summed E-state index contributed by atoms with van der Waals surface area (Å²) in [5, 5.41) is 7.56. The highest BCUT2D eigenvalue weighted by atomic mass is 35.5. The van der Waals surface area contributed by atoms with Gasteiger partial charge in [-0.2, -0.15) is 0 Å². The van der Waals surface area contributed by atoms with Gasteiger partial charge >= 0.3 is 0 Å². The van der Waals surface area contributed by atoms with Gasteiger partial charge < -0.3 is 23.7 Å². The van der Waals surface area contributed by atoms with Crippen LogP contribution in [0.25, 0.3) is 5.69 Å². The van der Waals surface area contributed by atoms with Crippen LogP contribution in [0.15, 0.2) is 30.6 Å². The highest BCUT2D eigenvalue weighted by Gasteiger charge is 2.36. The molecule has 1 N–H and O–H groups in total. The molecule has 0 spiro atoms. The van der Waals surface area contributed by atoms with Crippen LogP contribution in [0.4, 0.5) is 5.95 Å². The lowest BCUT2D eigenvalue weighted by molar-refractivity contribution is -0.0941. The molecule has 0 bridgehead atoms. The monoisotopic (exact) mass is 554 g/mol. The minimum atomic E-state index is -4.13. The fraction of sp³-hybridized carbons (Fsp3) is 0.455. The highest BCUT2D eigenvalue weighted by Crippen LogP contribution is 2.37. The molecule has 15 heteroatoms. The average molecular weight is 555 g/mol. The van der Waals surface area contributed by atoms with Crippen LogP contribution in [-0.4, -0.2) is 79.6 Å². The predicted octanol–water partition coefficient (Wildman–Crippen LogP) is 2.33. The molecule has 3 heterocycles. The van der Waals surface area contributed by atoms with Crippen molar-refractivity contribution in [2.24, 2.45) is 0 Å². The number of aromatic nitrogens is 5. The van der Waals surface area contributed by atoms with Crippen LogP contribution in [0, 0.1) is 0 Å². The quantitative estimate of drug-likeness (QED) is 0.393. The Morgan fingerprint density at radius 3 is 2.35 bits per heavy atom. The van der Waals surface area contributed by atoms with E-state index in [0.29, 0.717) is 41.2 Å². The van der Waals surface area contributed by atoms with E-state index in [-0.39, 0.29) is 18.4 Å². The minimum Gasteiger partial charge on any atom is -0.494 e. The van der Waals surface area contributed by atoms with Crippen molar-refractivity contribution < 1.29 is 32.1 Å². The predicted molar refractivity (Wildman–Crippen MR) is 133 cm³/mol. The Kier molecular flexibility index (Phi) is 8.44. The Morgan fingerprint density at radius 2 is 1.78 bits per heavy atom. The van der Waals surface area contributed by atoms with Gasteiger partial charge in [0.1, 0.15) is 34.6 Å². The largest absolute Gasteiger partial charge is 0.494 e. The zero-order chi connectivity index (χ0) is 26.6. The zero-order valence-corrected chi connectivity index (χ0v) is 22.2. The van der Waals surface area contributed by atoms with Crippen molar-refractivity contribution in [3.05, 3.63) is 47.3 Å². The van der Waals surface area contributed by atoms with Crippen molar-refractivity contribution in [2.75, 3.05) is 45.9 Å². The van der Waals surface area contributed by atoms with E-state index >= 15 is 0 Å². The summed E-state index contributed by atoms with van der Waals surface area (Å²) in [6.07, 6.45) is 1.12. The topological polar surface area (TPSA) is 149 Å². The number of hydrogen-bond acceptors (Lipinski definition) is 11. The molecule has 0 amide bonds. The smallest absolute Gasteiger partial charge is 0.243 e. The fourth-order valence-corrected chi connectivity index (χ4v) is 5.07. The van der Waals surface area contributed by atoms with Gasteiger partial charge in [0.2, 0.25) is 16.0 Å². The number of nitrogens with zero attached hydrogens (tertiary/aromatic N) is 5. The maximum Gasteiger partial charge on any atom is 0.243 e. The summed E-state index contributed by atoms with van der Waals surface area (Å²) in [5.41, 5.74) is 0.386. The molecule has 1 aliphatic heterocycles. The van der Waals surface area contributed by atoms with E-state index in [2.05, 4.69) is 24.9 Å². The molecule has 1 fully saturated rings. The van der Waals surface area contributed by atoms with Crippen molar-refractivity contribution in [1.29, 1.82) is 0 Å². The van der Waals surface area contributed by atoms with Gasteiger partial charge in [0.25, 0.3) is 0 Å². The molecular weight excluding hydrogens is 528 g/mol. The van der Waals surface area contributed by atoms with Crippen molar-refractivity contribution in [1.82, 2.24) is 24.7 Å². The second kappa shape index (κ2) is 11.6. The number of ether oxygens (including phenoxy) is 5. The van der Waals surface area contributed by atoms with Crippen molar-refractivity contribution in [2.45, 2.75) is 24.4 Å². The molecule has 0 radical (unpaired) electrons. The van der Waals surface area contributed by atoms with Crippen molar-refractivity contribution in [3.63, 3.8) is 0 Å². The first-order valence-corrected chi connectivity index (χ1v) is 13.1. The van der Waals surface area contributed by atoms with E-state index in [1.807, 2.05) is 0 Å². The summed E-state index contributed by atoms with van der Waals surface area (Å²) < 4.78 is 59.1. The van der Waals surface area contributed by atoms with Crippen LogP contribution in [0.5, 0.6) is 11.5 Å². The standard InChI is InChI=1S/C22H27ClN6O7S/c1-13(19(34-4)20-24-10-14(23)11-25-20)37(30,31)28-22-27-26-21(17-12-35-8-9-36-17)29(22)18-15(32-2)6-5-7-16(18)33-3/h5-7,10-11,13,17,19H,8-9,12H2,1-4H3,(H,27,28)/t13-,17-,19-/m0/s1. The lowest BCUT2D eigenvalue weighted by atomic mass is 10.2. The lowest BCUT2D eigenvalue weighted by Crippen LogP contribution is -2.33. The first-order valence-electron chi connectivity index (χ1n) is 11.2. The van der Waals surface area contributed by atoms with Gasteiger partial charge in [-0.15, -0.1) is 10.2 Å². The lowest BCUT2D eigenvalue weighted by Gasteiger charge is -2.25. The number of sulfonamides is 1. The average Bonchev–Trinajstić information content (AvgIpc) is 3.32. The molecule has 200 valence electrons. The van der Waals surface area contributed by atoms with Crippen LogP contribution >= 0.6 is 11.6 Å². The second-order valence-corrected chi connectivity index (χ2v) is 10.4. The maximum absolute atomic E-state index is 13.5. The molecule has 0 unspecified atom stereocenters. The van der Waals surface area contributed by atoms with Crippen molar-refractivity contribution >= 4 is 27.6 Å². The van der Waals surface area contributed by atoms with E-state index < -0.39 is 27.5 Å². The van der Waals surface area contributed by atoms with Gasteiger partial charge in [-0.3, -0.25) is 9.29 Å². The molecule has 4 rings (SSSR count). The van der Waals surface area contributed by atoms with Gasteiger partial charge in [0.05, 0.1) is 39.1 Å². The number of halogens is 1. The SMILES string of the molecule is COc1cccc(OC)c1-n1c(NS(=O)(=O)[C@@H](C)[C@H](OC)c2ncc(Cl)cn2)nnc1[C@@H]1COCCO1. The first-order chi connectivity index (χ1) is 17.8. The third kappa shape index (κ3) is 5.62. The summed E-state index contributed by atoms with van der Waals surface area (Å²) in [6, 6.07) is 5.16. The minimum absolute atomic E-state index is 0.106. The maximum atomic E-state index is 13.5. The van der Waals surface area contributed by atoms with E-state index in [1.54, 1.807) is 18.2 Å². The van der Waals surface area contributed by atoms with Gasteiger partial charge in [-0.05, 0) is 19.1 Å². The molecule has 1 saturated heterocycles. The molecule has 37 heavy (non-hydrogen) atoms. The number of hydrogen-bond donors (Lipinski definition) is 1. The number of nitrogens with one attached hydrogen (secondary N) is 1. The summed E-state index contributed by atoms with van der Waals surface area (Å²) in [4.78, 5) is 8.22. The van der Waals surface area contributed by atoms with Crippen LogP contribution in [0.2, 0.25) is 5.02 Å². The van der Waals surface area contributed by atoms with Gasteiger partial charge in [-0.1, -0.05) is 17.7 Å². The van der Waals surface area contributed by atoms with Crippen LogP contribution in [0.3, 0.4) is 0 Å². The number of anilines is 1. The zero-order valence-electron chi connectivity index (χ0n) is 20.6. The Morgan fingerprint density at radius 1 is 1.11 bits per heavy atom. The number of methoxy groups -OCH3 is 3. The van der Waals surface area contributed by atoms with Gasteiger partial charge in [0, 0.05) is 19.5 Å². The summed E-state index contributed by atoms with van der Waals surface area (Å²) in [6.45, 7) is 2.45. The Balaban J connectivity index is 1.78. The van der Waals surface area contributed by atoms with E-state index in [4.69, 9.17) is 35.3 Å². The number of benzene rings is 1. The van der Waals surface area contributed by atoms with E-state index in [0.717, 1.165) is 0 Å². The first kappa shape index (κ1) is 27.0. The number of rotatable bonds is 10. The van der Waals surface area contributed by atoms with Crippen molar-refractivity contribution in [3.8, 4) is 17.2 Å². The number of para-hydroxylation sites is 1. The molecule has 13 nitrogen and oxygen atoms in total. The molecule has 3 atom stereocenters. The Bertz CT molecular complexity index is 1290. The summed E-state index contributed by atoms with van der Waals surface area (Å²) in [7, 11) is 0.215. The third-order valence-electron chi connectivity index (χ3n) is 5.72. The van der Waals surface area contributed by atoms with E-state index in [1.165, 1.54) is 45.2 Å². The Hall–Kier alpha value is -3.04. The molecule has 1 aliphatic rings. The van der Waals surface area contributed by atoms with Crippen LogP contribution < -0.4 is 14.2 Å². The molecule has 2 aromatic heterocycles. The highest BCUT2D eigenvalue weighted by molar-refractivity contribution is 7.93. The molecular formula is C22H27ClN6O7S. The molecule has 1 aromatic carbocycles. The van der Waals surface area contributed by atoms with Crippen LogP contribution in [0.1, 0.15) is 30.8 Å².